The van der Waals surface area contributed by atoms with E-state index in [1.54, 1.807) is 12.4 Å². The maximum Gasteiger partial charge on any atom is 0.131 e. The lowest BCUT2D eigenvalue weighted by molar-refractivity contribution is 0.971. The Balaban J connectivity index is 2.63. The molecule has 4 nitrogen and oxygen atoms in total. The van der Waals surface area contributed by atoms with Gasteiger partial charge in [0.2, 0.25) is 0 Å². The van der Waals surface area contributed by atoms with Crippen molar-refractivity contribution in [2.24, 2.45) is 5.10 Å². The van der Waals surface area contributed by atoms with Crippen LogP contribution in [0, 0.1) is 0 Å². The normalized spacial score (nSPS) is 12.9. The lowest BCUT2D eigenvalue weighted by Crippen LogP contribution is -1.86. The maximum atomic E-state index is 3.91. The van der Waals surface area contributed by atoms with E-state index in [-0.39, 0.29) is 0 Å². The standard InChI is InChI=1S/C5H3N4/c1-5-4(2-8-9-5)7-3-6-1/h1-3H. The number of fused-ring (bicyclic) bond motifs is 1. The SMILES string of the molecule is C1=N[N]c2cncnc21. The second-order valence-corrected chi connectivity index (χ2v) is 1.64. The van der Waals surface area contributed by atoms with Crippen molar-refractivity contribution in [3.05, 3.63) is 18.2 Å². The van der Waals surface area contributed by atoms with Crippen LogP contribution >= 0.6 is 0 Å². The largest absolute Gasteiger partial charge is 0.242 e. The van der Waals surface area contributed by atoms with Gasteiger partial charge in [0.25, 0.3) is 0 Å². The molecule has 0 atom stereocenters. The lowest BCUT2D eigenvalue weighted by Gasteiger charge is -1.88. The Morgan fingerprint density at radius 3 is 3.22 bits per heavy atom. The summed E-state index contributed by atoms with van der Waals surface area (Å²) in [6.07, 6.45) is 4.72. The molecule has 0 fully saturated rings. The molecule has 0 bridgehead atoms. The molecule has 1 radical (unpaired) electrons. The Kier molecular flexibility index (Phi) is 0.745. The molecular weight excluding hydrogens is 116 g/mol. The molecule has 0 aliphatic carbocycles. The van der Waals surface area contributed by atoms with Crippen molar-refractivity contribution in [1.82, 2.24) is 15.4 Å². The average molecular weight is 119 g/mol. The van der Waals surface area contributed by atoms with E-state index < -0.39 is 0 Å². The maximum absolute atomic E-state index is 3.91. The van der Waals surface area contributed by atoms with Gasteiger partial charge in [0.05, 0.1) is 12.4 Å². The predicted molar refractivity (Wildman–Crippen MR) is 31.4 cm³/mol. The van der Waals surface area contributed by atoms with Gasteiger partial charge in [-0.05, 0) is 0 Å². The van der Waals surface area contributed by atoms with Crippen LogP contribution in [0.15, 0.2) is 17.6 Å². The van der Waals surface area contributed by atoms with E-state index in [0.717, 1.165) is 11.4 Å². The van der Waals surface area contributed by atoms with E-state index in [4.69, 9.17) is 0 Å². The molecule has 0 saturated carbocycles. The summed E-state index contributed by atoms with van der Waals surface area (Å²) in [7, 11) is 0. The fourth-order valence-corrected chi connectivity index (χ4v) is 0.654. The Hall–Kier alpha value is -1.45. The van der Waals surface area contributed by atoms with Gasteiger partial charge in [-0.25, -0.2) is 9.97 Å². The summed E-state index contributed by atoms with van der Waals surface area (Å²) in [6, 6.07) is 0. The minimum atomic E-state index is 0.748. The highest BCUT2D eigenvalue weighted by Crippen LogP contribution is 2.12. The van der Waals surface area contributed by atoms with Crippen LogP contribution in [0.1, 0.15) is 5.69 Å². The summed E-state index contributed by atoms with van der Waals surface area (Å²) >= 11 is 0. The number of rotatable bonds is 0. The van der Waals surface area contributed by atoms with Crippen LogP contribution in [0.3, 0.4) is 0 Å². The first-order chi connectivity index (χ1) is 4.47. The first kappa shape index (κ1) is 4.43. The van der Waals surface area contributed by atoms with Crippen LogP contribution in [-0.4, -0.2) is 16.2 Å². The molecule has 0 amide bonds. The van der Waals surface area contributed by atoms with Crippen molar-refractivity contribution in [2.75, 3.05) is 0 Å². The van der Waals surface area contributed by atoms with Crippen molar-refractivity contribution in [2.45, 2.75) is 0 Å². The molecule has 2 rings (SSSR count). The third-order valence-electron chi connectivity index (χ3n) is 1.07. The van der Waals surface area contributed by atoms with Gasteiger partial charge in [0.1, 0.15) is 17.7 Å². The topological polar surface area (TPSA) is 52.2 Å². The number of aromatic nitrogens is 2. The molecule has 0 aromatic carbocycles. The number of hydrogen-bond donors (Lipinski definition) is 0. The van der Waals surface area contributed by atoms with Gasteiger partial charge in [-0.1, -0.05) is 0 Å². The van der Waals surface area contributed by atoms with E-state index >= 15 is 0 Å². The van der Waals surface area contributed by atoms with E-state index in [9.17, 15) is 0 Å². The summed E-state index contributed by atoms with van der Waals surface area (Å²) in [6.45, 7) is 0. The van der Waals surface area contributed by atoms with E-state index in [1.807, 2.05) is 0 Å². The Labute approximate surface area is 51.6 Å². The zero-order valence-corrected chi connectivity index (χ0v) is 4.52. The highest BCUT2D eigenvalue weighted by Gasteiger charge is 2.06. The minimum Gasteiger partial charge on any atom is -0.242 e. The second kappa shape index (κ2) is 1.51. The van der Waals surface area contributed by atoms with Gasteiger partial charge in [-0.15, -0.1) is 5.43 Å². The Morgan fingerprint density at radius 2 is 2.33 bits per heavy atom. The van der Waals surface area contributed by atoms with E-state index in [2.05, 4.69) is 20.5 Å². The highest BCUT2D eigenvalue weighted by atomic mass is 15.3. The van der Waals surface area contributed by atoms with Gasteiger partial charge < -0.3 is 0 Å². The first-order valence-corrected chi connectivity index (χ1v) is 2.51. The van der Waals surface area contributed by atoms with Gasteiger partial charge in [0.15, 0.2) is 0 Å². The lowest BCUT2D eigenvalue weighted by atomic mass is 10.4. The summed E-state index contributed by atoms with van der Waals surface area (Å²) in [5, 5.41) is 3.65. The van der Waals surface area contributed by atoms with Crippen LogP contribution in [0.4, 0.5) is 5.69 Å². The van der Waals surface area contributed by atoms with Gasteiger partial charge >= 0.3 is 0 Å². The summed E-state index contributed by atoms with van der Waals surface area (Å²) in [5.41, 5.74) is 5.29. The van der Waals surface area contributed by atoms with Crippen LogP contribution in [0.2, 0.25) is 0 Å². The van der Waals surface area contributed by atoms with Crippen molar-refractivity contribution in [3.8, 4) is 0 Å². The zero-order chi connectivity index (χ0) is 6.10. The number of hydrogen-bond acceptors (Lipinski definition) is 3. The van der Waals surface area contributed by atoms with Crippen LogP contribution < -0.4 is 5.43 Å². The van der Waals surface area contributed by atoms with Crippen molar-refractivity contribution in [1.29, 1.82) is 0 Å². The number of nitrogens with zero attached hydrogens (tertiary/aromatic N) is 4. The van der Waals surface area contributed by atoms with E-state index in [0.29, 0.717) is 0 Å². The summed E-state index contributed by atoms with van der Waals surface area (Å²) in [4.78, 5) is 7.68. The smallest absolute Gasteiger partial charge is 0.131 e. The fourth-order valence-electron chi connectivity index (χ4n) is 0.654. The third-order valence-corrected chi connectivity index (χ3v) is 1.07. The molecule has 4 heteroatoms. The highest BCUT2D eigenvalue weighted by molar-refractivity contribution is 5.86. The van der Waals surface area contributed by atoms with Crippen molar-refractivity contribution in [3.63, 3.8) is 0 Å². The van der Waals surface area contributed by atoms with Gasteiger partial charge in [-0.3, -0.25) is 0 Å². The molecule has 43 valence electrons. The molecule has 0 spiro atoms. The molecule has 1 aromatic heterocycles. The molecule has 1 aromatic rings. The molecule has 1 aliphatic rings. The van der Waals surface area contributed by atoms with Gasteiger partial charge in [-0.2, -0.15) is 5.10 Å². The third kappa shape index (κ3) is 0.561. The van der Waals surface area contributed by atoms with Crippen LogP contribution in [0.5, 0.6) is 0 Å². The monoisotopic (exact) mass is 119 g/mol. The minimum absolute atomic E-state index is 0.748. The van der Waals surface area contributed by atoms with Gasteiger partial charge in [0, 0.05) is 0 Å². The molecule has 0 saturated heterocycles. The van der Waals surface area contributed by atoms with Crippen LogP contribution in [0.25, 0.3) is 0 Å². The van der Waals surface area contributed by atoms with Crippen molar-refractivity contribution >= 4 is 11.9 Å². The van der Waals surface area contributed by atoms with E-state index in [1.165, 1.54) is 6.33 Å². The Morgan fingerprint density at radius 1 is 1.33 bits per heavy atom. The predicted octanol–water partition coefficient (Wildman–Crippen LogP) is 0.0600. The average Bonchev–Trinajstić information content (AvgIpc) is 2.33. The summed E-state index contributed by atoms with van der Waals surface area (Å²) < 4.78 is 0. The zero-order valence-electron chi connectivity index (χ0n) is 4.52. The molecule has 0 N–H and O–H groups in total. The second-order valence-electron chi connectivity index (χ2n) is 1.64. The quantitative estimate of drug-likeness (QED) is 0.485. The molecule has 0 unspecified atom stereocenters. The fraction of sp³-hybridized carbons (Fsp3) is 0. The summed E-state index contributed by atoms with van der Waals surface area (Å²) in [5.74, 6) is 0. The Bertz CT molecular complexity index is 255. The molecule has 2 heterocycles. The van der Waals surface area contributed by atoms with Crippen LogP contribution in [-0.2, 0) is 0 Å². The first-order valence-electron chi connectivity index (χ1n) is 2.51. The molecular formula is C5H3N4. The molecule has 9 heavy (non-hydrogen) atoms. The molecule has 1 aliphatic heterocycles. The van der Waals surface area contributed by atoms with Crippen molar-refractivity contribution < 1.29 is 0 Å².